The predicted molar refractivity (Wildman–Crippen MR) is 138 cm³/mol. The molecule has 0 fully saturated rings. The Morgan fingerprint density at radius 2 is 1.71 bits per heavy atom. The van der Waals surface area contributed by atoms with Crippen molar-refractivity contribution in [1.82, 2.24) is 19.3 Å². The third-order valence-corrected chi connectivity index (χ3v) is 5.64. The van der Waals surface area contributed by atoms with Crippen LogP contribution in [-0.4, -0.2) is 26.4 Å². The summed E-state index contributed by atoms with van der Waals surface area (Å²) >= 11 is 6.27. The number of methoxy groups -OCH3 is 1. The number of halogens is 1. The fraction of sp³-hybridized carbons (Fsp3) is 0.0385. The number of para-hydroxylation sites is 1. The highest BCUT2D eigenvalue weighted by molar-refractivity contribution is 6.30. The van der Waals surface area contributed by atoms with Gasteiger partial charge in [0.15, 0.2) is 5.82 Å². The van der Waals surface area contributed by atoms with Crippen molar-refractivity contribution in [2.45, 2.75) is 0 Å². The first kappa shape index (κ1) is 22.2. The molecule has 2 N–H and O–H groups in total. The summed E-state index contributed by atoms with van der Waals surface area (Å²) in [6.07, 6.45) is 2.96. The zero-order valence-corrected chi connectivity index (χ0v) is 19.5. The normalized spacial score (nSPS) is 10.7. The van der Waals surface area contributed by atoms with E-state index < -0.39 is 0 Å². The zero-order valence-electron chi connectivity index (χ0n) is 18.7. The lowest BCUT2D eigenvalue weighted by atomic mass is 10.0. The van der Waals surface area contributed by atoms with Crippen molar-refractivity contribution >= 4 is 23.0 Å². The molecule has 0 radical (unpaired) electrons. The molecule has 0 aliphatic rings. The van der Waals surface area contributed by atoms with Gasteiger partial charge in [-0.15, -0.1) is 0 Å². The first-order chi connectivity index (χ1) is 17.1. The highest BCUT2D eigenvalue weighted by Crippen LogP contribution is 2.34. The molecule has 3 aromatic carbocycles. The van der Waals surface area contributed by atoms with Crippen LogP contribution in [0.5, 0.6) is 5.75 Å². The minimum absolute atomic E-state index is 0.256. The fourth-order valence-corrected chi connectivity index (χ4v) is 3.96. The van der Waals surface area contributed by atoms with E-state index in [1.165, 1.54) is 6.33 Å². The summed E-state index contributed by atoms with van der Waals surface area (Å²) in [5.74, 6) is 1.18. The SMILES string of the molecule is COc1ccc(-c2cc(=O)n(-c3cccc(Cl)c3)c(-n3cncn3)c2NNc2ccccc2)cc1. The number of rotatable bonds is 7. The molecule has 0 aliphatic heterocycles. The number of nitrogens with zero attached hydrogens (tertiary/aromatic N) is 4. The average molecular weight is 485 g/mol. The summed E-state index contributed by atoms with van der Waals surface area (Å²) in [5.41, 5.74) is 9.82. The summed E-state index contributed by atoms with van der Waals surface area (Å²) in [5, 5.41) is 4.85. The second-order valence-electron chi connectivity index (χ2n) is 7.59. The van der Waals surface area contributed by atoms with E-state index in [9.17, 15) is 4.79 Å². The van der Waals surface area contributed by atoms with Gasteiger partial charge in [0, 0.05) is 16.7 Å². The highest BCUT2D eigenvalue weighted by atomic mass is 35.5. The first-order valence-electron chi connectivity index (χ1n) is 10.8. The molecular weight excluding hydrogens is 464 g/mol. The van der Waals surface area contributed by atoms with Gasteiger partial charge < -0.3 is 10.2 Å². The molecule has 2 heterocycles. The van der Waals surface area contributed by atoms with Gasteiger partial charge in [0.1, 0.15) is 24.1 Å². The molecule has 0 aliphatic carbocycles. The van der Waals surface area contributed by atoms with Gasteiger partial charge in [-0.2, -0.15) is 5.10 Å². The molecule has 2 aromatic heterocycles. The minimum atomic E-state index is -0.256. The Morgan fingerprint density at radius 3 is 2.40 bits per heavy atom. The first-order valence-corrected chi connectivity index (χ1v) is 11.1. The molecule has 174 valence electrons. The van der Waals surface area contributed by atoms with Gasteiger partial charge in [-0.25, -0.2) is 9.67 Å². The fourth-order valence-electron chi connectivity index (χ4n) is 3.77. The van der Waals surface area contributed by atoms with Gasteiger partial charge in [0.2, 0.25) is 0 Å². The highest BCUT2D eigenvalue weighted by Gasteiger charge is 2.21. The molecule has 0 atom stereocenters. The molecular formula is C26H21ClN6O2. The van der Waals surface area contributed by atoms with E-state index in [1.807, 2.05) is 60.7 Å². The molecule has 5 rings (SSSR count). The van der Waals surface area contributed by atoms with Crippen molar-refractivity contribution in [1.29, 1.82) is 0 Å². The molecule has 0 amide bonds. The Hall–Kier alpha value is -4.56. The van der Waals surface area contributed by atoms with Crippen molar-refractivity contribution in [3.05, 3.63) is 113 Å². The van der Waals surface area contributed by atoms with Crippen molar-refractivity contribution in [3.63, 3.8) is 0 Å². The number of benzene rings is 3. The summed E-state index contributed by atoms with van der Waals surface area (Å²) in [6, 6.07) is 25.8. The Labute approximate surface area is 206 Å². The molecule has 0 bridgehead atoms. The number of nitrogens with one attached hydrogen (secondary N) is 2. The summed E-state index contributed by atoms with van der Waals surface area (Å²) < 4.78 is 8.40. The van der Waals surface area contributed by atoms with E-state index in [4.69, 9.17) is 16.3 Å². The maximum Gasteiger partial charge on any atom is 0.257 e. The maximum atomic E-state index is 13.6. The standard InChI is InChI=1S/C26H21ClN6O2/c1-35-22-12-10-18(11-13-22)23-15-24(34)33(21-9-5-6-19(27)14-21)26(32-17-28-16-29-32)25(23)31-30-20-7-3-2-4-8-20/h2-17,30-31H,1H3. The summed E-state index contributed by atoms with van der Waals surface area (Å²) in [4.78, 5) is 17.7. The third-order valence-electron chi connectivity index (χ3n) is 5.40. The van der Waals surface area contributed by atoms with Crippen molar-refractivity contribution in [2.24, 2.45) is 0 Å². The second kappa shape index (κ2) is 9.74. The number of aromatic nitrogens is 4. The molecule has 0 saturated heterocycles. The third kappa shape index (κ3) is 4.60. The van der Waals surface area contributed by atoms with E-state index >= 15 is 0 Å². The molecule has 35 heavy (non-hydrogen) atoms. The van der Waals surface area contributed by atoms with Crippen LogP contribution < -0.4 is 21.1 Å². The Kier molecular flexibility index (Phi) is 6.19. The smallest absolute Gasteiger partial charge is 0.257 e. The van der Waals surface area contributed by atoms with E-state index in [0.29, 0.717) is 27.8 Å². The number of anilines is 2. The van der Waals surface area contributed by atoms with Gasteiger partial charge in [-0.3, -0.25) is 14.8 Å². The van der Waals surface area contributed by atoms with Crippen LogP contribution in [0.1, 0.15) is 0 Å². The van der Waals surface area contributed by atoms with Gasteiger partial charge in [0.25, 0.3) is 5.56 Å². The van der Waals surface area contributed by atoms with Crippen molar-refractivity contribution < 1.29 is 4.74 Å². The molecule has 0 spiro atoms. The van der Waals surface area contributed by atoms with Gasteiger partial charge in [-0.1, -0.05) is 48.0 Å². The minimum Gasteiger partial charge on any atom is -0.497 e. The zero-order chi connectivity index (χ0) is 24.2. The summed E-state index contributed by atoms with van der Waals surface area (Å²) in [6.45, 7) is 0. The van der Waals surface area contributed by atoms with E-state index in [2.05, 4.69) is 20.9 Å². The number of pyridine rings is 1. The van der Waals surface area contributed by atoms with Crippen LogP contribution in [0.4, 0.5) is 11.4 Å². The number of hydrogen-bond acceptors (Lipinski definition) is 6. The average Bonchev–Trinajstić information content (AvgIpc) is 3.43. The monoisotopic (exact) mass is 484 g/mol. The van der Waals surface area contributed by atoms with Crippen molar-refractivity contribution in [2.75, 3.05) is 18.0 Å². The van der Waals surface area contributed by atoms with Crippen LogP contribution >= 0.6 is 11.6 Å². The molecule has 9 heteroatoms. The van der Waals surface area contributed by atoms with Crippen LogP contribution in [0.25, 0.3) is 22.6 Å². The second-order valence-corrected chi connectivity index (χ2v) is 8.03. The van der Waals surface area contributed by atoms with Gasteiger partial charge in [0.05, 0.1) is 18.5 Å². The van der Waals surface area contributed by atoms with Crippen LogP contribution in [0, 0.1) is 0 Å². The number of ether oxygens (including phenoxy) is 1. The molecule has 5 aromatic rings. The lowest BCUT2D eigenvalue weighted by Crippen LogP contribution is -2.26. The predicted octanol–water partition coefficient (Wildman–Crippen LogP) is 5.19. The summed E-state index contributed by atoms with van der Waals surface area (Å²) in [7, 11) is 1.61. The van der Waals surface area contributed by atoms with Crippen LogP contribution in [0.3, 0.4) is 0 Å². The molecule has 8 nitrogen and oxygen atoms in total. The van der Waals surface area contributed by atoms with E-state index in [-0.39, 0.29) is 5.56 Å². The quantitative estimate of drug-likeness (QED) is 0.309. The Morgan fingerprint density at radius 1 is 0.914 bits per heavy atom. The largest absolute Gasteiger partial charge is 0.497 e. The van der Waals surface area contributed by atoms with Crippen molar-refractivity contribution in [3.8, 4) is 28.4 Å². The van der Waals surface area contributed by atoms with Crippen LogP contribution in [-0.2, 0) is 0 Å². The molecule has 0 saturated carbocycles. The van der Waals surface area contributed by atoms with Gasteiger partial charge >= 0.3 is 0 Å². The topological polar surface area (TPSA) is 86.0 Å². The van der Waals surface area contributed by atoms with E-state index in [1.54, 1.807) is 47.0 Å². The molecule has 0 unspecified atom stereocenters. The Balaban J connectivity index is 1.77. The number of hydrazine groups is 1. The van der Waals surface area contributed by atoms with E-state index in [0.717, 1.165) is 17.0 Å². The Bertz CT molecular complexity index is 1500. The van der Waals surface area contributed by atoms with Gasteiger partial charge in [-0.05, 0) is 48.0 Å². The van der Waals surface area contributed by atoms with Crippen LogP contribution in [0.2, 0.25) is 5.02 Å². The lowest BCUT2D eigenvalue weighted by Gasteiger charge is -2.22. The maximum absolute atomic E-state index is 13.6. The van der Waals surface area contributed by atoms with Crippen LogP contribution in [0.15, 0.2) is 102 Å². The number of hydrogen-bond donors (Lipinski definition) is 2. The lowest BCUT2D eigenvalue weighted by molar-refractivity contribution is 0.415.